The number of piperidine rings is 1. The van der Waals surface area contributed by atoms with Gasteiger partial charge < -0.3 is 19.3 Å². The maximum atomic E-state index is 12.9. The van der Waals surface area contributed by atoms with E-state index in [2.05, 4.69) is 9.88 Å². The van der Waals surface area contributed by atoms with Crippen molar-refractivity contribution >= 4 is 29.0 Å². The standard InChI is InChI=1S/C19H23N3O4/c23-17(24)12-14-4-3-9-22(14)18(25)13-7-10-21(11-8-13)19-20-15-5-1-2-6-16(15)26-19/h1-2,5-6,13-14H,3-4,7-12H2,(H,23,24). The lowest BCUT2D eigenvalue weighted by Crippen LogP contribution is -2.45. The lowest BCUT2D eigenvalue weighted by molar-refractivity contribution is -0.141. The number of carbonyl (C=O) groups excluding carboxylic acids is 1. The van der Waals surface area contributed by atoms with E-state index >= 15 is 0 Å². The van der Waals surface area contributed by atoms with E-state index in [1.54, 1.807) is 4.90 Å². The molecule has 0 saturated carbocycles. The molecule has 1 unspecified atom stereocenters. The highest BCUT2D eigenvalue weighted by molar-refractivity contribution is 5.81. The summed E-state index contributed by atoms with van der Waals surface area (Å²) in [7, 11) is 0. The van der Waals surface area contributed by atoms with Crippen LogP contribution in [0.2, 0.25) is 0 Å². The molecular formula is C19H23N3O4. The van der Waals surface area contributed by atoms with Crippen LogP contribution in [-0.4, -0.2) is 52.5 Å². The average molecular weight is 357 g/mol. The van der Waals surface area contributed by atoms with Gasteiger partial charge in [-0.2, -0.15) is 4.98 Å². The molecule has 7 nitrogen and oxygen atoms in total. The van der Waals surface area contributed by atoms with E-state index in [1.807, 2.05) is 24.3 Å². The number of carboxylic acid groups (broad SMARTS) is 1. The number of likely N-dealkylation sites (tertiary alicyclic amines) is 1. The molecule has 2 aliphatic rings. The van der Waals surface area contributed by atoms with Gasteiger partial charge in [-0.3, -0.25) is 9.59 Å². The molecular weight excluding hydrogens is 334 g/mol. The second kappa shape index (κ2) is 6.97. The normalized spacial score (nSPS) is 21.5. The van der Waals surface area contributed by atoms with Gasteiger partial charge in [-0.1, -0.05) is 12.1 Å². The quantitative estimate of drug-likeness (QED) is 0.905. The Balaban J connectivity index is 1.38. The molecule has 7 heteroatoms. The van der Waals surface area contributed by atoms with Gasteiger partial charge in [0.1, 0.15) is 5.52 Å². The number of anilines is 1. The number of carboxylic acids is 1. The summed E-state index contributed by atoms with van der Waals surface area (Å²) >= 11 is 0. The zero-order valence-corrected chi connectivity index (χ0v) is 14.6. The van der Waals surface area contributed by atoms with E-state index in [-0.39, 0.29) is 24.3 Å². The Kier molecular flexibility index (Phi) is 4.53. The van der Waals surface area contributed by atoms with Crippen LogP contribution in [0.1, 0.15) is 32.1 Å². The summed E-state index contributed by atoms with van der Waals surface area (Å²) in [5.41, 5.74) is 1.61. The zero-order chi connectivity index (χ0) is 18.1. The Bertz CT molecular complexity index is 777. The van der Waals surface area contributed by atoms with Crippen LogP contribution in [0.15, 0.2) is 28.7 Å². The van der Waals surface area contributed by atoms with E-state index in [4.69, 9.17) is 9.52 Å². The fraction of sp³-hybridized carbons (Fsp3) is 0.526. The third-order valence-electron chi connectivity index (χ3n) is 5.47. The number of para-hydroxylation sites is 2. The van der Waals surface area contributed by atoms with E-state index in [9.17, 15) is 9.59 Å². The molecule has 26 heavy (non-hydrogen) atoms. The monoisotopic (exact) mass is 357 g/mol. The summed E-state index contributed by atoms with van der Waals surface area (Å²) in [6.07, 6.45) is 3.22. The Hall–Kier alpha value is -2.57. The summed E-state index contributed by atoms with van der Waals surface area (Å²) in [5, 5.41) is 9.04. The molecule has 0 aliphatic carbocycles. The second-order valence-corrected chi connectivity index (χ2v) is 7.15. The number of aliphatic carboxylic acids is 1. The molecule has 2 aromatic rings. The highest BCUT2D eigenvalue weighted by Gasteiger charge is 2.36. The maximum absolute atomic E-state index is 12.9. The molecule has 1 N–H and O–H groups in total. The van der Waals surface area contributed by atoms with Crippen molar-refractivity contribution in [3.8, 4) is 0 Å². The lowest BCUT2D eigenvalue weighted by Gasteiger charge is -2.34. The number of hydrogen-bond donors (Lipinski definition) is 1. The first-order valence-electron chi connectivity index (χ1n) is 9.24. The number of benzene rings is 1. The van der Waals surface area contributed by atoms with Gasteiger partial charge in [0.05, 0.1) is 6.42 Å². The number of fused-ring (bicyclic) bond motifs is 1. The molecule has 1 aromatic carbocycles. The van der Waals surface area contributed by atoms with Crippen molar-refractivity contribution in [3.05, 3.63) is 24.3 Å². The fourth-order valence-electron chi connectivity index (χ4n) is 4.09. The van der Waals surface area contributed by atoms with Crippen LogP contribution < -0.4 is 4.90 Å². The molecule has 138 valence electrons. The molecule has 2 aliphatic heterocycles. The minimum Gasteiger partial charge on any atom is -0.481 e. The first-order valence-corrected chi connectivity index (χ1v) is 9.24. The van der Waals surface area contributed by atoms with Gasteiger partial charge in [0.2, 0.25) is 5.91 Å². The number of rotatable bonds is 4. The minimum atomic E-state index is -0.833. The zero-order valence-electron chi connectivity index (χ0n) is 14.6. The minimum absolute atomic E-state index is 0.0370. The number of aromatic nitrogens is 1. The molecule has 1 aromatic heterocycles. The average Bonchev–Trinajstić information content (AvgIpc) is 3.27. The van der Waals surface area contributed by atoms with Crippen LogP contribution in [-0.2, 0) is 9.59 Å². The Morgan fingerprint density at radius 1 is 1.15 bits per heavy atom. The van der Waals surface area contributed by atoms with Gasteiger partial charge in [0, 0.05) is 31.6 Å². The second-order valence-electron chi connectivity index (χ2n) is 7.15. The highest BCUT2D eigenvalue weighted by Crippen LogP contribution is 2.29. The van der Waals surface area contributed by atoms with Gasteiger partial charge >= 0.3 is 5.97 Å². The first kappa shape index (κ1) is 16.9. The van der Waals surface area contributed by atoms with Gasteiger partial charge in [-0.05, 0) is 37.8 Å². The molecule has 2 fully saturated rings. The van der Waals surface area contributed by atoms with Crippen LogP contribution in [0.4, 0.5) is 6.01 Å². The van der Waals surface area contributed by atoms with Crippen molar-refractivity contribution in [2.45, 2.75) is 38.1 Å². The molecule has 4 rings (SSSR count). The van der Waals surface area contributed by atoms with Crippen LogP contribution in [0.25, 0.3) is 11.1 Å². The van der Waals surface area contributed by atoms with Crippen LogP contribution in [0, 0.1) is 5.92 Å². The summed E-state index contributed by atoms with van der Waals surface area (Å²) < 4.78 is 5.82. The molecule has 2 saturated heterocycles. The van der Waals surface area contributed by atoms with E-state index in [1.165, 1.54) is 0 Å². The molecule has 0 spiro atoms. The van der Waals surface area contributed by atoms with Crippen molar-refractivity contribution in [1.82, 2.24) is 9.88 Å². The topological polar surface area (TPSA) is 86.9 Å². The number of nitrogens with zero attached hydrogens (tertiary/aromatic N) is 3. The van der Waals surface area contributed by atoms with E-state index in [0.29, 0.717) is 12.6 Å². The molecule has 1 amide bonds. The van der Waals surface area contributed by atoms with Crippen molar-refractivity contribution in [3.63, 3.8) is 0 Å². The van der Waals surface area contributed by atoms with Gasteiger partial charge in [-0.15, -0.1) is 0 Å². The number of oxazole rings is 1. The Labute approximate surface area is 151 Å². The van der Waals surface area contributed by atoms with Crippen LogP contribution in [0.3, 0.4) is 0 Å². The Morgan fingerprint density at radius 3 is 2.65 bits per heavy atom. The van der Waals surface area contributed by atoms with Crippen LogP contribution in [0.5, 0.6) is 0 Å². The smallest absolute Gasteiger partial charge is 0.305 e. The lowest BCUT2D eigenvalue weighted by atomic mass is 9.95. The molecule has 0 radical (unpaired) electrons. The van der Waals surface area contributed by atoms with Gasteiger partial charge in [-0.25, -0.2) is 0 Å². The Morgan fingerprint density at radius 2 is 1.92 bits per heavy atom. The summed E-state index contributed by atoms with van der Waals surface area (Å²) in [4.78, 5) is 32.3. The third kappa shape index (κ3) is 3.25. The van der Waals surface area contributed by atoms with Crippen LogP contribution >= 0.6 is 0 Å². The molecule has 3 heterocycles. The van der Waals surface area contributed by atoms with Crippen molar-refractivity contribution in [1.29, 1.82) is 0 Å². The van der Waals surface area contributed by atoms with E-state index in [0.717, 1.165) is 49.9 Å². The largest absolute Gasteiger partial charge is 0.481 e. The predicted molar refractivity (Wildman–Crippen MR) is 95.9 cm³/mol. The fourth-order valence-corrected chi connectivity index (χ4v) is 4.09. The van der Waals surface area contributed by atoms with Crippen molar-refractivity contribution in [2.24, 2.45) is 5.92 Å². The van der Waals surface area contributed by atoms with E-state index < -0.39 is 5.97 Å². The number of carbonyl (C=O) groups is 2. The summed E-state index contributed by atoms with van der Waals surface area (Å²) in [6.45, 7) is 2.13. The SMILES string of the molecule is O=C(O)CC1CCCN1C(=O)C1CCN(c2nc3ccccc3o2)CC1. The van der Waals surface area contributed by atoms with Crippen molar-refractivity contribution in [2.75, 3.05) is 24.5 Å². The molecule has 0 bridgehead atoms. The first-order chi connectivity index (χ1) is 12.6. The number of hydrogen-bond acceptors (Lipinski definition) is 5. The maximum Gasteiger partial charge on any atom is 0.305 e. The van der Waals surface area contributed by atoms with Gasteiger partial charge in [0.15, 0.2) is 5.58 Å². The van der Waals surface area contributed by atoms with Crippen molar-refractivity contribution < 1.29 is 19.1 Å². The summed E-state index contributed by atoms with van der Waals surface area (Å²) in [6, 6.07) is 8.15. The highest BCUT2D eigenvalue weighted by atomic mass is 16.4. The summed E-state index contributed by atoms with van der Waals surface area (Å²) in [5.74, 6) is -0.753. The third-order valence-corrected chi connectivity index (χ3v) is 5.47. The van der Waals surface area contributed by atoms with Gasteiger partial charge in [0.25, 0.3) is 6.01 Å². The number of amides is 1. The predicted octanol–water partition coefficient (Wildman–Crippen LogP) is 2.51. The molecule has 1 atom stereocenters.